The van der Waals surface area contributed by atoms with E-state index in [-0.39, 0.29) is 41.9 Å². The number of fused-ring (bicyclic) bond motifs is 1. The van der Waals surface area contributed by atoms with Gasteiger partial charge in [0.1, 0.15) is 17.3 Å². The lowest BCUT2D eigenvalue weighted by molar-refractivity contribution is -0.202. The Morgan fingerprint density at radius 1 is 0.979 bits per heavy atom. The molecule has 0 spiro atoms. The van der Waals surface area contributed by atoms with Crippen LogP contribution < -0.4 is 19.7 Å². The van der Waals surface area contributed by atoms with Crippen molar-refractivity contribution in [3.05, 3.63) is 52.1 Å². The summed E-state index contributed by atoms with van der Waals surface area (Å²) in [5.74, 6) is -4.12. The second-order valence-electron chi connectivity index (χ2n) is 12.4. The molecule has 2 aliphatic heterocycles. The number of anilines is 1. The second-order valence-corrected chi connectivity index (χ2v) is 12.4. The van der Waals surface area contributed by atoms with E-state index < -0.39 is 30.1 Å². The molecule has 1 amide bonds. The Morgan fingerprint density at radius 2 is 1.66 bits per heavy atom. The molecule has 0 bridgehead atoms. The molecule has 0 atom stereocenters. The zero-order valence-electron chi connectivity index (χ0n) is 27.1. The molecule has 11 nitrogen and oxygen atoms in total. The summed E-state index contributed by atoms with van der Waals surface area (Å²) in [5, 5.41) is 11.4. The molecule has 47 heavy (non-hydrogen) atoms. The van der Waals surface area contributed by atoms with Crippen molar-refractivity contribution >= 4 is 35.2 Å². The lowest BCUT2D eigenvalue weighted by Crippen LogP contribution is -2.33. The number of amidine groups is 1. The summed E-state index contributed by atoms with van der Waals surface area (Å²) < 4.78 is 53.3. The molecule has 0 saturated carbocycles. The van der Waals surface area contributed by atoms with E-state index in [9.17, 15) is 32.3 Å². The molecular weight excluding hydrogens is 621 g/mol. The van der Waals surface area contributed by atoms with Gasteiger partial charge in [0.25, 0.3) is 5.91 Å². The quantitative estimate of drug-likeness (QED) is 0.210. The van der Waals surface area contributed by atoms with E-state index in [0.717, 1.165) is 24.8 Å². The molecule has 1 saturated heterocycles. The fourth-order valence-corrected chi connectivity index (χ4v) is 5.59. The number of alkyl halides is 3. The highest BCUT2D eigenvalue weighted by Gasteiger charge is 2.42. The number of hydrogen-bond acceptors (Lipinski definition) is 9. The molecule has 0 unspecified atom stereocenters. The van der Waals surface area contributed by atoms with E-state index in [1.807, 2.05) is 25.7 Å². The van der Waals surface area contributed by atoms with Crippen molar-refractivity contribution in [3.8, 4) is 11.5 Å². The topological polar surface area (TPSA) is 138 Å². The minimum atomic E-state index is -5.34. The average Bonchev–Trinajstić information content (AvgIpc) is 3.31. The SMILES string of the molecule is CCOc1cc2c(cc1C(=O)NC)C(=N)N(CC(=O)c1cc(N3CCCCC3)c(OCC(=O)OC(=O)C(F)(F)F)c(C(C)(C)C)c1)C2. The third-order valence-electron chi connectivity index (χ3n) is 7.91. The van der Waals surface area contributed by atoms with E-state index in [4.69, 9.17) is 14.9 Å². The molecule has 0 radical (unpaired) electrons. The number of benzene rings is 2. The number of amides is 1. The van der Waals surface area contributed by atoms with Crippen molar-refractivity contribution in [2.24, 2.45) is 0 Å². The maximum atomic E-state index is 13.9. The van der Waals surface area contributed by atoms with Crippen LogP contribution in [0.15, 0.2) is 24.3 Å². The number of ketones is 1. The van der Waals surface area contributed by atoms with Crippen LogP contribution in [0.4, 0.5) is 18.9 Å². The number of nitrogens with zero attached hydrogens (tertiary/aromatic N) is 2. The van der Waals surface area contributed by atoms with Crippen molar-refractivity contribution in [3.63, 3.8) is 0 Å². The maximum Gasteiger partial charge on any atom is 0.491 e. The molecule has 2 aromatic carbocycles. The molecule has 2 N–H and O–H groups in total. The Morgan fingerprint density at radius 3 is 2.26 bits per heavy atom. The van der Waals surface area contributed by atoms with Crippen molar-refractivity contribution in [1.29, 1.82) is 5.41 Å². The summed E-state index contributed by atoms with van der Waals surface area (Å²) >= 11 is 0. The Hall–Kier alpha value is -4.62. The van der Waals surface area contributed by atoms with E-state index in [0.29, 0.717) is 47.8 Å². The van der Waals surface area contributed by atoms with E-state index in [1.54, 1.807) is 36.1 Å². The number of halogens is 3. The summed E-state index contributed by atoms with van der Waals surface area (Å²) in [6, 6.07) is 6.57. The van der Waals surface area contributed by atoms with Crippen molar-refractivity contribution < 1.29 is 46.6 Å². The van der Waals surface area contributed by atoms with Crippen molar-refractivity contribution in [2.45, 2.75) is 65.1 Å². The first-order valence-corrected chi connectivity index (χ1v) is 15.3. The summed E-state index contributed by atoms with van der Waals surface area (Å²) in [4.78, 5) is 53.3. The van der Waals surface area contributed by atoms with Gasteiger partial charge in [-0.05, 0) is 61.4 Å². The van der Waals surface area contributed by atoms with Crippen LogP contribution in [0.5, 0.6) is 11.5 Å². The Balaban J connectivity index is 1.65. The van der Waals surface area contributed by atoms with Crippen LogP contribution in [0.2, 0.25) is 0 Å². The number of carbonyl (C=O) groups excluding carboxylic acids is 4. The Kier molecular flexibility index (Phi) is 10.5. The first-order valence-electron chi connectivity index (χ1n) is 15.3. The molecule has 1 fully saturated rings. The van der Waals surface area contributed by atoms with Gasteiger partial charge >= 0.3 is 18.1 Å². The van der Waals surface area contributed by atoms with E-state index in [2.05, 4.69) is 10.1 Å². The number of ether oxygens (including phenoxy) is 3. The van der Waals surface area contributed by atoms with Crippen LogP contribution in [-0.4, -0.2) is 80.4 Å². The molecule has 4 rings (SSSR count). The van der Waals surface area contributed by atoms with Crippen molar-refractivity contribution in [1.82, 2.24) is 10.2 Å². The number of piperidine rings is 1. The zero-order valence-corrected chi connectivity index (χ0v) is 27.1. The van der Waals surface area contributed by atoms with Crippen LogP contribution in [0.3, 0.4) is 0 Å². The maximum absolute atomic E-state index is 13.9. The van der Waals surface area contributed by atoms with Crippen LogP contribution in [0, 0.1) is 5.41 Å². The highest BCUT2D eigenvalue weighted by Crippen LogP contribution is 2.42. The molecule has 2 aliphatic rings. The van der Waals surface area contributed by atoms with Crippen molar-refractivity contribution in [2.75, 3.05) is 44.8 Å². The van der Waals surface area contributed by atoms with Crippen LogP contribution in [0.1, 0.15) is 84.4 Å². The number of hydrogen-bond donors (Lipinski definition) is 2. The normalized spacial score (nSPS) is 14.9. The average molecular weight is 661 g/mol. The predicted octanol–water partition coefficient (Wildman–Crippen LogP) is 4.77. The lowest BCUT2D eigenvalue weighted by Gasteiger charge is -2.33. The fraction of sp³-hybridized carbons (Fsp3) is 0.485. The summed E-state index contributed by atoms with van der Waals surface area (Å²) in [6.07, 6.45) is -2.63. The van der Waals surface area contributed by atoms with Gasteiger partial charge in [-0.15, -0.1) is 0 Å². The van der Waals surface area contributed by atoms with Gasteiger partial charge in [0.15, 0.2) is 12.4 Å². The van der Waals surface area contributed by atoms with Gasteiger partial charge in [-0.2, -0.15) is 13.2 Å². The molecule has 0 aliphatic carbocycles. The second kappa shape index (κ2) is 14.0. The molecule has 0 aromatic heterocycles. The van der Waals surface area contributed by atoms with Gasteiger partial charge in [0.05, 0.1) is 24.4 Å². The van der Waals surface area contributed by atoms with E-state index in [1.165, 1.54) is 7.05 Å². The minimum Gasteiger partial charge on any atom is -0.493 e. The zero-order chi connectivity index (χ0) is 34.7. The smallest absolute Gasteiger partial charge is 0.491 e. The van der Waals surface area contributed by atoms with Gasteiger partial charge in [0.2, 0.25) is 0 Å². The highest BCUT2D eigenvalue weighted by atomic mass is 19.4. The van der Waals surface area contributed by atoms with Gasteiger partial charge < -0.3 is 29.3 Å². The van der Waals surface area contributed by atoms with Gasteiger partial charge in [0, 0.05) is 43.4 Å². The molecule has 14 heteroatoms. The first-order chi connectivity index (χ1) is 22.0. The molecule has 2 heterocycles. The Labute approximate surface area is 270 Å². The molecular formula is C33H39F3N4O7. The van der Waals surface area contributed by atoms with Crippen LogP contribution >= 0.6 is 0 Å². The first kappa shape index (κ1) is 35.2. The number of rotatable bonds is 10. The van der Waals surface area contributed by atoms with Crippen LogP contribution in [0.25, 0.3) is 0 Å². The largest absolute Gasteiger partial charge is 0.493 e. The van der Waals surface area contributed by atoms with Gasteiger partial charge in [-0.1, -0.05) is 20.8 Å². The predicted molar refractivity (Wildman–Crippen MR) is 166 cm³/mol. The standard InChI is InChI=1S/C33H39F3N4O7/c1-6-45-26-14-20-16-40(29(37)21(20)15-22(26)30(43)38-5)17-25(41)19-12-23(32(2,3)4)28(24(13-19)39-10-8-7-9-11-39)46-18-27(42)47-31(44)33(34,35)36/h12-15,37H,6-11,16-18H2,1-5H3,(H,38,43). The number of carbonyl (C=O) groups is 4. The van der Waals surface area contributed by atoms with Gasteiger partial charge in [-0.25, -0.2) is 9.59 Å². The van der Waals surface area contributed by atoms with Crippen LogP contribution in [-0.2, 0) is 26.3 Å². The summed E-state index contributed by atoms with van der Waals surface area (Å²) in [6.45, 7) is 8.11. The molecule has 2 aromatic rings. The van der Waals surface area contributed by atoms with Gasteiger partial charge in [-0.3, -0.25) is 15.0 Å². The summed E-state index contributed by atoms with van der Waals surface area (Å²) in [7, 11) is 1.50. The lowest BCUT2D eigenvalue weighted by atomic mass is 9.84. The summed E-state index contributed by atoms with van der Waals surface area (Å²) in [5.41, 5.74) is 2.23. The Bertz CT molecular complexity index is 1580. The number of Topliss-reactive ketones (excluding diaryl/α,β-unsaturated/α-hetero) is 1. The monoisotopic (exact) mass is 660 g/mol. The third-order valence-corrected chi connectivity index (χ3v) is 7.91. The highest BCUT2D eigenvalue weighted by molar-refractivity contribution is 6.08. The fourth-order valence-electron chi connectivity index (χ4n) is 5.59. The number of esters is 2. The minimum absolute atomic E-state index is 0.0840. The van der Waals surface area contributed by atoms with E-state index >= 15 is 0 Å². The molecule has 254 valence electrons. The third kappa shape index (κ3) is 8.03. The number of nitrogens with one attached hydrogen (secondary N) is 2.